The molecule has 0 amide bonds. The van der Waals surface area contributed by atoms with Crippen LogP contribution in [-0.2, 0) is 23.8 Å². The zero-order chi connectivity index (χ0) is 22.6. The molecule has 32 heavy (non-hydrogen) atoms. The van der Waals surface area contributed by atoms with Gasteiger partial charge in [0.2, 0.25) is 0 Å². The number of aryl methyl sites for hydroxylation is 1. The standard InChI is InChI=1S/C25H23F3N2O2/c1-14-3-2-4-15-5-11-19(23(32)22(14)15)20(31)13-16-6-12-21(29-24(16)25(26,27)28)30-17-7-8-18(30)10-9-17/h2-4,6,11-12,17-18H,5,7-10,13H2,1H3. The Hall–Kier alpha value is -2.96. The number of aromatic nitrogens is 1. The van der Waals surface area contributed by atoms with Crippen LogP contribution in [0.5, 0.6) is 0 Å². The van der Waals surface area contributed by atoms with Crippen molar-refractivity contribution in [2.24, 2.45) is 0 Å². The molecule has 166 valence electrons. The summed E-state index contributed by atoms with van der Waals surface area (Å²) < 4.78 is 41.6. The summed E-state index contributed by atoms with van der Waals surface area (Å²) in [6, 6.07) is 8.90. The number of alkyl halides is 3. The van der Waals surface area contributed by atoms with Crippen LogP contribution in [0.25, 0.3) is 0 Å². The van der Waals surface area contributed by atoms with E-state index in [0.29, 0.717) is 17.8 Å². The smallest absolute Gasteiger partial charge is 0.351 e. The van der Waals surface area contributed by atoms with E-state index >= 15 is 0 Å². The highest BCUT2D eigenvalue weighted by Gasteiger charge is 2.42. The number of Topliss-reactive ketones (excluding diaryl/α,β-unsaturated/α-hetero) is 2. The van der Waals surface area contributed by atoms with E-state index in [1.54, 1.807) is 19.1 Å². The second-order valence-corrected chi connectivity index (χ2v) is 8.90. The molecule has 2 saturated heterocycles. The molecule has 1 aromatic heterocycles. The van der Waals surface area contributed by atoms with Gasteiger partial charge in [0.1, 0.15) is 11.5 Å². The second-order valence-electron chi connectivity index (χ2n) is 8.90. The molecule has 2 aliphatic heterocycles. The van der Waals surface area contributed by atoms with Gasteiger partial charge in [-0.25, -0.2) is 4.98 Å². The van der Waals surface area contributed by atoms with Crippen LogP contribution in [0.2, 0.25) is 0 Å². The Balaban J connectivity index is 1.44. The Labute approximate surface area is 184 Å². The molecule has 0 atom stereocenters. The Kier molecular flexibility index (Phi) is 4.95. The number of benzene rings is 1. The minimum absolute atomic E-state index is 0.0402. The normalized spacial score (nSPS) is 22.2. The molecule has 4 nitrogen and oxygen atoms in total. The number of anilines is 1. The summed E-state index contributed by atoms with van der Waals surface area (Å²) in [5.41, 5.74) is 0.799. The van der Waals surface area contributed by atoms with Gasteiger partial charge in [0.15, 0.2) is 11.6 Å². The molecule has 0 N–H and O–H groups in total. The van der Waals surface area contributed by atoms with Crippen LogP contribution in [0.3, 0.4) is 0 Å². The van der Waals surface area contributed by atoms with Gasteiger partial charge >= 0.3 is 6.18 Å². The van der Waals surface area contributed by atoms with Crippen molar-refractivity contribution in [2.75, 3.05) is 4.90 Å². The van der Waals surface area contributed by atoms with Crippen LogP contribution in [0.1, 0.15) is 58.4 Å². The van der Waals surface area contributed by atoms with Gasteiger partial charge in [-0.2, -0.15) is 13.2 Å². The van der Waals surface area contributed by atoms with Crippen LogP contribution in [-0.4, -0.2) is 28.6 Å². The van der Waals surface area contributed by atoms with E-state index in [1.807, 2.05) is 17.0 Å². The van der Waals surface area contributed by atoms with Gasteiger partial charge in [0.05, 0.1) is 5.57 Å². The zero-order valence-corrected chi connectivity index (χ0v) is 17.7. The number of pyridine rings is 1. The lowest BCUT2D eigenvalue weighted by Crippen LogP contribution is -2.30. The molecule has 0 unspecified atom stereocenters. The first kappa shape index (κ1) is 20.9. The third kappa shape index (κ3) is 3.44. The van der Waals surface area contributed by atoms with E-state index in [1.165, 1.54) is 12.1 Å². The first-order chi connectivity index (χ1) is 15.2. The fraction of sp³-hybridized carbons (Fsp3) is 0.400. The van der Waals surface area contributed by atoms with Gasteiger partial charge in [-0.1, -0.05) is 30.3 Å². The number of nitrogens with zero attached hydrogens (tertiary/aromatic N) is 2. The van der Waals surface area contributed by atoms with E-state index in [0.717, 1.165) is 36.8 Å². The quantitative estimate of drug-likeness (QED) is 0.627. The van der Waals surface area contributed by atoms with Crippen LogP contribution in [0, 0.1) is 6.92 Å². The number of hydrogen-bond acceptors (Lipinski definition) is 4. The summed E-state index contributed by atoms with van der Waals surface area (Å²) in [5, 5.41) is 0. The van der Waals surface area contributed by atoms with Gasteiger partial charge in [-0.15, -0.1) is 0 Å². The van der Waals surface area contributed by atoms with Gasteiger partial charge < -0.3 is 4.90 Å². The minimum atomic E-state index is -4.68. The van der Waals surface area contributed by atoms with Gasteiger partial charge in [-0.3, -0.25) is 9.59 Å². The third-order valence-corrected chi connectivity index (χ3v) is 6.96. The number of halogens is 3. The SMILES string of the molecule is Cc1cccc2c1C(=O)C(C(=O)Cc1ccc(N3C4CCC3CC4)nc1C(F)(F)F)=CC2. The summed E-state index contributed by atoms with van der Waals surface area (Å²) >= 11 is 0. The highest BCUT2D eigenvalue weighted by atomic mass is 19.4. The Bertz CT molecular complexity index is 1130. The van der Waals surface area contributed by atoms with E-state index < -0.39 is 29.9 Å². The van der Waals surface area contributed by atoms with E-state index in [-0.39, 0.29) is 23.2 Å². The number of rotatable bonds is 4. The summed E-state index contributed by atoms with van der Waals surface area (Å²) in [4.78, 5) is 31.8. The van der Waals surface area contributed by atoms with Crippen LogP contribution in [0.4, 0.5) is 19.0 Å². The molecule has 0 saturated carbocycles. The van der Waals surface area contributed by atoms with Crippen LogP contribution in [0.15, 0.2) is 42.0 Å². The maximum Gasteiger partial charge on any atom is 0.433 e. The highest BCUT2D eigenvalue weighted by Crippen LogP contribution is 2.41. The fourth-order valence-corrected chi connectivity index (χ4v) is 5.47. The summed E-state index contributed by atoms with van der Waals surface area (Å²) in [6.45, 7) is 1.79. The Morgan fingerprint density at radius 2 is 1.78 bits per heavy atom. The number of allylic oxidation sites excluding steroid dienone is 2. The molecular weight excluding hydrogens is 417 g/mol. The lowest BCUT2D eigenvalue weighted by atomic mass is 9.84. The molecule has 0 spiro atoms. The largest absolute Gasteiger partial charge is 0.433 e. The Morgan fingerprint density at radius 3 is 2.44 bits per heavy atom. The molecule has 1 aliphatic carbocycles. The molecule has 2 bridgehead atoms. The van der Waals surface area contributed by atoms with Crippen molar-refractivity contribution in [3.05, 3.63) is 69.9 Å². The van der Waals surface area contributed by atoms with Crippen molar-refractivity contribution in [2.45, 2.75) is 63.7 Å². The van der Waals surface area contributed by atoms with Crippen molar-refractivity contribution in [3.8, 4) is 0 Å². The van der Waals surface area contributed by atoms with E-state index in [2.05, 4.69) is 4.98 Å². The molecule has 3 aliphatic rings. The number of fused-ring (bicyclic) bond motifs is 3. The Morgan fingerprint density at radius 1 is 1.09 bits per heavy atom. The van der Waals surface area contributed by atoms with Crippen molar-refractivity contribution in [1.82, 2.24) is 4.98 Å². The summed E-state index contributed by atoms with van der Waals surface area (Å²) in [7, 11) is 0. The fourth-order valence-electron chi connectivity index (χ4n) is 5.47. The maximum absolute atomic E-state index is 13.9. The number of hydrogen-bond donors (Lipinski definition) is 0. The molecular formula is C25H23F3N2O2. The first-order valence-corrected chi connectivity index (χ1v) is 11.0. The van der Waals surface area contributed by atoms with E-state index in [4.69, 9.17) is 0 Å². The van der Waals surface area contributed by atoms with Gasteiger partial charge in [0, 0.05) is 24.1 Å². The maximum atomic E-state index is 13.9. The summed E-state index contributed by atoms with van der Waals surface area (Å²) in [5.74, 6) is -0.692. The number of carbonyl (C=O) groups excluding carboxylic acids is 2. The van der Waals surface area contributed by atoms with Gasteiger partial charge in [0.25, 0.3) is 0 Å². The molecule has 5 rings (SSSR count). The molecule has 0 radical (unpaired) electrons. The topological polar surface area (TPSA) is 50.3 Å². The summed E-state index contributed by atoms with van der Waals surface area (Å²) in [6.07, 6.45) is 0.660. The average molecular weight is 440 g/mol. The predicted octanol–water partition coefficient (Wildman–Crippen LogP) is 5.02. The second kappa shape index (κ2) is 7.57. The minimum Gasteiger partial charge on any atom is -0.351 e. The third-order valence-electron chi connectivity index (χ3n) is 6.96. The first-order valence-electron chi connectivity index (χ1n) is 11.0. The highest BCUT2D eigenvalue weighted by molar-refractivity contribution is 6.28. The van der Waals surface area contributed by atoms with Crippen LogP contribution < -0.4 is 4.90 Å². The lowest BCUT2D eigenvalue weighted by Gasteiger charge is -2.25. The molecule has 1 aromatic carbocycles. The number of ketones is 2. The average Bonchev–Trinajstić information content (AvgIpc) is 3.34. The zero-order valence-electron chi connectivity index (χ0n) is 17.7. The molecule has 7 heteroatoms. The lowest BCUT2D eigenvalue weighted by molar-refractivity contribution is -0.141. The van der Waals surface area contributed by atoms with Gasteiger partial charge in [-0.05, 0) is 61.8 Å². The predicted molar refractivity (Wildman–Crippen MR) is 114 cm³/mol. The van der Waals surface area contributed by atoms with Crippen molar-refractivity contribution in [1.29, 1.82) is 0 Å². The van der Waals surface area contributed by atoms with E-state index in [9.17, 15) is 22.8 Å². The number of carbonyl (C=O) groups is 2. The molecule has 3 heterocycles. The van der Waals surface area contributed by atoms with Crippen molar-refractivity contribution >= 4 is 17.4 Å². The molecule has 2 fully saturated rings. The van der Waals surface area contributed by atoms with Crippen LogP contribution >= 0.6 is 0 Å². The van der Waals surface area contributed by atoms with Crippen molar-refractivity contribution < 1.29 is 22.8 Å². The molecule has 2 aromatic rings. The monoisotopic (exact) mass is 440 g/mol. The van der Waals surface area contributed by atoms with Crippen molar-refractivity contribution in [3.63, 3.8) is 0 Å².